The lowest BCUT2D eigenvalue weighted by atomic mass is 9.98. The van der Waals surface area contributed by atoms with E-state index in [2.05, 4.69) is 32.6 Å². The highest BCUT2D eigenvalue weighted by Gasteiger charge is 2.15. The molecule has 0 atom stereocenters. The Hall–Kier alpha value is -0.780. The normalized spacial score (nSPS) is 20.8. The molecule has 0 aliphatic heterocycles. The maximum absolute atomic E-state index is 3.74. The van der Waals surface area contributed by atoms with Crippen LogP contribution in [0.15, 0.2) is 36.0 Å². The molecule has 0 unspecified atom stereocenters. The van der Waals surface area contributed by atoms with E-state index in [4.69, 9.17) is 0 Å². The number of hydrogen-bond donors (Lipinski definition) is 0. The van der Waals surface area contributed by atoms with Crippen LogP contribution in [0.1, 0.15) is 39.5 Å². The summed E-state index contributed by atoms with van der Waals surface area (Å²) in [4.78, 5) is 0. The predicted octanol–water partition coefficient (Wildman–Crippen LogP) is 4.26. The lowest BCUT2D eigenvalue weighted by Crippen LogP contribution is -1.93. The maximum Gasteiger partial charge on any atom is -0.0203 e. The van der Waals surface area contributed by atoms with Gasteiger partial charge in [0.25, 0.3) is 0 Å². The van der Waals surface area contributed by atoms with Crippen LogP contribution in [0, 0.1) is 5.92 Å². The lowest BCUT2D eigenvalue weighted by Gasteiger charge is -2.07. The Labute approximate surface area is 82.0 Å². The van der Waals surface area contributed by atoms with Crippen LogP contribution in [-0.4, -0.2) is 0 Å². The summed E-state index contributed by atoms with van der Waals surface area (Å²) in [6, 6.07) is 0. The molecule has 0 aromatic rings. The Morgan fingerprint density at radius 3 is 2.31 bits per heavy atom. The average molecular weight is 176 g/mol. The topological polar surface area (TPSA) is 0 Å². The predicted molar refractivity (Wildman–Crippen MR) is 59.7 cm³/mol. The SMILES string of the molecule is C=C/C(C)=C\C=C(/C)C1CCCC1. The van der Waals surface area contributed by atoms with Crippen LogP contribution in [0.2, 0.25) is 0 Å². The smallest absolute Gasteiger partial charge is 0.0203 e. The second-order valence-corrected chi connectivity index (χ2v) is 4.01. The molecule has 1 rings (SSSR count). The van der Waals surface area contributed by atoms with Crippen molar-refractivity contribution in [2.75, 3.05) is 0 Å². The minimum Gasteiger partial charge on any atom is -0.0988 e. The molecule has 0 bridgehead atoms. The van der Waals surface area contributed by atoms with Crippen molar-refractivity contribution in [3.63, 3.8) is 0 Å². The van der Waals surface area contributed by atoms with Crippen LogP contribution in [0.3, 0.4) is 0 Å². The highest BCUT2D eigenvalue weighted by atomic mass is 14.2. The van der Waals surface area contributed by atoms with E-state index in [-0.39, 0.29) is 0 Å². The van der Waals surface area contributed by atoms with E-state index >= 15 is 0 Å². The summed E-state index contributed by atoms with van der Waals surface area (Å²) in [5.41, 5.74) is 2.79. The fourth-order valence-corrected chi connectivity index (χ4v) is 1.85. The molecule has 0 N–H and O–H groups in total. The third-order valence-corrected chi connectivity index (χ3v) is 2.93. The summed E-state index contributed by atoms with van der Waals surface area (Å²) in [7, 11) is 0. The van der Waals surface area contributed by atoms with Crippen molar-refractivity contribution in [2.45, 2.75) is 39.5 Å². The van der Waals surface area contributed by atoms with E-state index in [1.54, 1.807) is 5.57 Å². The van der Waals surface area contributed by atoms with Crippen LogP contribution in [0.4, 0.5) is 0 Å². The Bertz CT molecular complexity index is 224. The number of allylic oxidation sites excluding steroid dienone is 5. The van der Waals surface area contributed by atoms with Gasteiger partial charge in [0, 0.05) is 0 Å². The highest BCUT2D eigenvalue weighted by molar-refractivity contribution is 5.23. The van der Waals surface area contributed by atoms with Gasteiger partial charge in [-0.2, -0.15) is 0 Å². The largest absolute Gasteiger partial charge is 0.0988 e. The Morgan fingerprint density at radius 1 is 1.15 bits per heavy atom. The summed E-state index contributed by atoms with van der Waals surface area (Å²) in [5.74, 6) is 0.855. The summed E-state index contributed by atoms with van der Waals surface area (Å²) in [5, 5.41) is 0. The molecule has 0 amide bonds. The van der Waals surface area contributed by atoms with Gasteiger partial charge in [0.2, 0.25) is 0 Å². The van der Waals surface area contributed by atoms with Gasteiger partial charge >= 0.3 is 0 Å². The average Bonchev–Trinajstić information content (AvgIpc) is 2.66. The molecule has 1 saturated carbocycles. The van der Waals surface area contributed by atoms with Gasteiger partial charge in [0.15, 0.2) is 0 Å². The number of rotatable bonds is 3. The van der Waals surface area contributed by atoms with Crippen LogP contribution in [-0.2, 0) is 0 Å². The Morgan fingerprint density at radius 2 is 1.77 bits per heavy atom. The summed E-state index contributed by atoms with van der Waals surface area (Å²) in [6.07, 6.45) is 11.9. The Kier molecular flexibility index (Phi) is 4.01. The van der Waals surface area contributed by atoms with Gasteiger partial charge in [-0.25, -0.2) is 0 Å². The molecule has 0 nitrogen and oxygen atoms in total. The fourth-order valence-electron chi connectivity index (χ4n) is 1.85. The molecule has 1 fully saturated rings. The van der Waals surface area contributed by atoms with Crippen LogP contribution in [0.5, 0.6) is 0 Å². The van der Waals surface area contributed by atoms with Crippen LogP contribution < -0.4 is 0 Å². The summed E-state index contributed by atoms with van der Waals surface area (Å²) in [6.45, 7) is 8.08. The molecule has 0 heteroatoms. The fraction of sp³-hybridized carbons (Fsp3) is 0.538. The minimum atomic E-state index is 0.855. The molecule has 0 aromatic heterocycles. The van der Waals surface area contributed by atoms with Crippen LogP contribution in [0.25, 0.3) is 0 Å². The van der Waals surface area contributed by atoms with E-state index in [0.29, 0.717) is 0 Å². The van der Waals surface area contributed by atoms with E-state index in [0.717, 1.165) is 5.92 Å². The van der Waals surface area contributed by atoms with Crippen molar-refractivity contribution in [1.82, 2.24) is 0 Å². The van der Waals surface area contributed by atoms with Crippen molar-refractivity contribution in [3.8, 4) is 0 Å². The van der Waals surface area contributed by atoms with E-state index in [9.17, 15) is 0 Å². The van der Waals surface area contributed by atoms with Gasteiger partial charge in [0.1, 0.15) is 0 Å². The Balaban J connectivity index is 2.54. The molecule has 13 heavy (non-hydrogen) atoms. The highest BCUT2D eigenvalue weighted by Crippen LogP contribution is 2.30. The van der Waals surface area contributed by atoms with E-state index in [1.807, 2.05) is 6.08 Å². The van der Waals surface area contributed by atoms with Crippen molar-refractivity contribution in [3.05, 3.63) is 36.0 Å². The summed E-state index contributed by atoms with van der Waals surface area (Å²) >= 11 is 0. The minimum absolute atomic E-state index is 0.855. The van der Waals surface area contributed by atoms with Gasteiger partial charge in [-0.15, -0.1) is 0 Å². The number of hydrogen-bond acceptors (Lipinski definition) is 0. The molecule has 1 aliphatic rings. The van der Waals surface area contributed by atoms with E-state index < -0.39 is 0 Å². The first-order valence-electron chi connectivity index (χ1n) is 5.21. The van der Waals surface area contributed by atoms with Crippen LogP contribution >= 0.6 is 0 Å². The quantitative estimate of drug-likeness (QED) is 0.564. The van der Waals surface area contributed by atoms with Crippen molar-refractivity contribution in [1.29, 1.82) is 0 Å². The molecular formula is C13H20. The van der Waals surface area contributed by atoms with Gasteiger partial charge in [-0.05, 0) is 32.6 Å². The van der Waals surface area contributed by atoms with Gasteiger partial charge in [0.05, 0.1) is 0 Å². The molecular weight excluding hydrogens is 156 g/mol. The first kappa shape index (κ1) is 10.3. The van der Waals surface area contributed by atoms with Gasteiger partial charge in [-0.3, -0.25) is 0 Å². The lowest BCUT2D eigenvalue weighted by molar-refractivity contribution is 0.642. The molecule has 0 heterocycles. The first-order valence-corrected chi connectivity index (χ1v) is 5.21. The zero-order chi connectivity index (χ0) is 9.68. The summed E-state index contributed by atoms with van der Waals surface area (Å²) < 4.78 is 0. The second kappa shape index (κ2) is 5.06. The maximum atomic E-state index is 3.74. The monoisotopic (exact) mass is 176 g/mol. The molecule has 0 saturated heterocycles. The zero-order valence-corrected chi connectivity index (χ0v) is 8.84. The van der Waals surface area contributed by atoms with Gasteiger partial charge in [-0.1, -0.05) is 48.8 Å². The third kappa shape index (κ3) is 3.22. The van der Waals surface area contributed by atoms with Crippen molar-refractivity contribution >= 4 is 0 Å². The zero-order valence-electron chi connectivity index (χ0n) is 8.84. The third-order valence-electron chi connectivity index (χ3n) is 2.93. The standard InChI is InChI=1S/C13H20/c1-4-11(2)9-10-12(3)13-7-5-6-8-13/h4,9-10,13H,1,5-8H2,2-3H3/b11-9-,12-10+. The molecule has 0 radical (unpaired) electrons. The van der Waals surface area contributed by atoms with E-state index in [1.165, 1.54) is 31.3 Å². The molecule has 0 spiro atoms. The first-order chi connectivity index (χ1) is 6.24. The molecule has 1 aliphatic carbocycles. The molecule has 0 aromatic carbocycles. The second-order valence-electron chi connectivity index (χ2n) is 4.01. The molecule has 72 valence electrons. The van der Waals surface area contributed by atoms with Crippen molar-refractivity contribution in [2.24, 2.45) is 5.92 Å². The van der Waals surface area contributed by atoms with Gasteiger partial charge < -0.3 is 0 Å². The van der Waals surface area contributed by atoms with Crippen molar-refractivity contribution < 1.29 is 0 Å².